The molecule has 0 aliphatic heterocycles. The Bertz CT molecular complexity index is 1570. The van der Waals surface area contributed by atoms with Crippen molar-refractivity contribution in [1.82, 2.24) is 14.8 Å². The van der Waals surface area contributed by atoms with Crippen LogP contribution in [0.4, 0.5) is 18.9 Å². The van der Waals surface area contributed by atoms with E-state index >= 15 is 0 Å². The van der Waals surface area contributed by atoms with Crippen LogP contribution in [0.25, 0.3) is 27.8 Å². The van der Waals surface area contributed by atoms with Crippen LogP contribution in [0.3, 0.4) is 0 Å². The lowest BCUT2D eigenvalue weighted by molar-refractivity contribution is -0.137. The Morgan fingerprint density at radius 1 is 0.919 bits per heavy atom. The number of alkyl halides is 3. The van der Waals surface area contributed by atoms with Crippen LogP contribution < -0.4 is 5.32 Å². The minimum Gasteiger partial charge on any atom is -0.325 e. The number of nitrogens with one attached hydrogen (secondary N) is 1. The number of carbonyl (C=O) groups is 1. The first-order chi connectivity index (χ1) is 17.8. The summed E-state index contributed by atoms with van der Waals surface area (Å²) in [6.07, 6.45) is -4.49. The maximum atomic E-state index is 13.0. The van der Waals surface area contributed by atoms with Gasteiger partial charge in [-0.1, -0.05) is 84.1 Å². The number of aromatic nitrogens is 3. The van der Waals surface area contributed by atoms with Gasteiger partial charge in [0.25, 0.3) is 0 Å². The summed E-state index contributed by atoms with van der Waals surface area (Å²) in [5.74, 6) is 0.110. The monoisotopic (exact) mass is 518 g/mol. The van der Waals surface area contributed by atoms with Gasteiger partial charge in [-0.05, 0) is 36.6 Å². The minimum absolute atomic E-state index is 0.0625. The Kier molecular flexibility index (Phi) is 6.71. The van der Waals surface area contributed by atoms with Crippen molar-refractivity contribution in [2.45, 2.75) is 18.3 Å². The van der Waals surface area contributed by atoms with E-state index in [1.54, 1.807) is 0 Å². The van der Waals surface area contributed by atoms with Crippen molar-refractivity contribution in [2.24, 2.45) is 0 Å². The first-order valence-corrected chi connectivity index (χ1v) is 12.4. The number of thioether (sulfide) groups is 1. The number of aryl methyl sites for hydroxylation is 1. The highest BCUT2D eigenvalue weighted by molar-refractivity contribution is 7.99. The van der Waals surface area contributed by atoms with Gasteiger partial charge < -0.3 is 5.32 Å². The number of anilines is 1. The van der Waals surface area contributed by atoms with E-state index in [4.69, 9.17) is 0 Å². The fraction of sp³-hybridized carbons (Fsp3) is 0.107. The summed E-state index contributed by atoms with van der Waals surface area (Å²) in [6.45, 7) is 2.00. The third kappa shape index (κ3) is 5.36. The number of benzene rings is 4. The first-order valence-electron chi connectivity index (χ1n) is 11.4. The molecule has 9 heteroatoms. The lowest BCUT2D eigenvalue weighted by atomic mass is 10.1. The van der Waals surface area contributed by atoms with Gasteiger partial charge in [-0.25, -0.2) is 0 Å². The largest absolute Gasteiger partial charge is 0.416 e. The molecule has 0 aliphatic carbocycles. The molecule has 5 aromatic rings. The number of hydrogen-bond donors (Lipinski definition) is 1. The molecule has 0 bridgehead atoms. The van der Waals surface area contributed by atoms with Crippen LogP contribution in [0.15, 0.2) is 96.2 Å². The molecule has 0 atom stereocenters. The molecule has 186 valence electrons. The van der Waals surface area contributed by atoms with Gasteiger partial charge in [-0.15, -0.1) is 10.2 Å². The molecular weight excluding hydrogens is 497 g/mol. The molecule has 5 rings (SSSR count). The van der Waals surface area contributed by atoms with Crippen LogP contribution in [0.5, 0.6) is 0 Å². The van der Waals surface area contributed by atoms with Gasteiger partial charge in [0.05, 0.1) is 17.0 Å². The van der Waals surface area contributed by atoms with E-state index in [-0.39, 0.29) is 11.4 Å². The van der Waals surface area contributed by atoms with Crippen molar-refractivity contribution in [2.75, 3.05) is 11.1 Å². The molecule has 1 heterocycles. The van der Waals surface area contributed by atoms with Gasteiger partial charge in [-0.3, -0.25) is 9.36 Å². The zero-order valence-corrected chi connectivity index (χ0v) is 20.5. The maximum absolute atomic E-state index is 13.0. The van der Waals surface area contributed by atoms with Gasteiger partial charge in [0, 0.05) is 16.6 Å². The van der Waals surface area contributed by atoms with Crippen LogP contribution >= 0.6 is 11.8 Å². The van der Waals surface area contributed by atoms with E-state index < -0.39 is 17.6 Å². The molecule has 0 radical (unpaired) electrons. The normalized spacial score (nSPS) is 11.6. The van der Waals surface area contributed by atoms with E-state index in [9.17, 15) is 18.0 Å². The van der Waals surface area contributed by atoms with Crippen molar-refractivity contribution < 1.29 is 18.0 Å². The Hall–Kier alpha value is -4.11. The molecule has 1 aromatic heterocycles. The van der Waals surface area contributed by atoms with E-state index in [1.165, 1.54) is 12.1 Å². The van der Waals surface area contributed by atoms with Crippen molar-refractivity contribution in [3.63, 3.8) is 0 Å². The van der Waals surface area contributed by atoms with Gasteiger partial charge in [0.15, 0.2) is 11.0 Å². The summed E-state index contributed by atoms with van der Waals surface area (Å²) in [6, 6.07) is 26.4. The number of hydrogen-bond acceptors (Lipinski definition) is 4. The van der Waals surface area contributed by atoms with Crippen molar-refractivity contribution >= 4 is 34.1 Å². The van der Waals surface area contributed by atoms with Gasteiger partial charge in [-0.2, -0.15) is 13.2 Å². The second-order valence-corrected chi connectivity index (χ2v) is 9.36. The molecule has 1 N–H and O–H groups in total. The maximum Gasteiger partial charge on any atom is 0.416 e. The zero-order valence-electron chi connectivity index (χ0n) is 19.7. The SMILES string of the molecule is Cc1ccc(-c2nnc(SCC(=O)Nc3cccc(C(F)(F)F)c3)n2-c2cccc3ccccc23)cc1. The Balaban J connectivity index is 1.46. The topological polar surface area (TPSA) is 59.8 Å². The lowest BCUT2D eigenvalue weighted by Gasteiger charge is -2.13. The van der Waals surface area contributed by atoms with Gasteiger partial charge >= 0.3 is 6.18 Å². The summed E-state index contributed by atoms with van der Waals surface area (Å²) in [5.41, 5.74) is 2.10. The number of fused-ring (bicyclic) bond motifs is 1. The first kappa shape index (κ1) is 24.6. The number of nitrogens with zero attached hydrogens (tertiary/aromatic N) is 3. The highest BCUT2D eigenvalue weighted by Crippen LogP contribution is 2.33. The summed E-state index contributed by atoms with van der Waals surface area (Å²) in [7, 11) is 0. The zero-order chi connectivity index (χ0) is 26.0. The molecule has 0 saturated carbocycles. The Labute approximate surface area is 215 Å². The minimum atomic E-state index is -4.49. The highest BCUT2D eigenvalue weighted by Gasteiger charge is 2.30. The van der Waals surface area contributed by atoms with E-state index in [0.717, 1.165) is 51.5 Å². The smallest absolute Gasteiger partial charge is 0.325 e. The molecule has 37 heavy (non-hydrogen) atoms. The number of amides is 1. The van der Waals surface area contributed by atoms with Crippen molar-refractivity contribution in [1.29, 1.82) is 0 Å². The quantitative estimate of drug-likeness (QED) is 0.243. The summed E-state index contributed by atoms with van der Waals surface area (Å²) < 4.78 is 41.0. The lowest BCUT2D eigenvalue weighted by Crippen LogP contribution is -2.15. The Morgan fingerprint density at radius 3 is 2.43 bits per heavy atom. The fourth-order valence-electron chi connectivity index (χ4n) is 3.97. The number of halogens is 3. The third-order valence-electron chi connectivity index (χ3n) is 5.76. The fourth-order valence-corrected chi connectivity index (χ4v) is 4.72. The standard InChI is InChI=1S/C28H21F3N4OS/c1-18-12-14-20(15-13-18)26-33-34-27(35(26)24-11-4-7-19-6-2-3-10-23(19)24)37-17-25(36)32-22-9-5-8-21(16-22)28(29,30)31/h2-16H,17H2,1H3,(H,32,36). The van der Waals surface area contributed by atoms with Gasteiger partial charge in [0.1, 0.15) is 0 Å². The molecule has 0 fully saturated rings. The van der Waals surface area contributed by atoms with Crippen LogP contribution in [0, 0.1) is 6.92 Å². The van der Waals surface area contributed by atoms with Crippen molar-refractivity contribution in [3.05, 3.63) is 102 Å². The van der Waals surface area contributed by atoms with Crippen LogP contribution in [-0.4, -0.2) is 26.4 Å². The van der Waals surface area contributed by atoms with E-state index in [0.29, 0.717) is 11.0 Å². The molecule has 0 spiro atoms. The summed E-state index contributed by atoms with van der Waals surface area (Å²) >= 11 is 1.16. The van der Waals surface area contributed by atoms with Crippen LogP contribution in [0.1, 0.15) is 11.1 Å². The summed E-state index contributed by atoms with van der Waals surface area (Å²) in [4.78, 5) is 12.7. The van der Waals surface area contributed by atoms with E-state index in [2.05, 4.69) is 15.5 Å². The molecule has 5 nitrogen and oxygen atoms in total. The number of carbonyl (C=O) groups excluding carboxylic acids is 1. The number of rotatable bonds is 6. The second kappa shape index (κ2) is 10.1. The van der Waals surface area contributed by atoms with Crippen molar-refractivity contribution in [3.8, 4) is 17.1 Å². The second-order valence-electron chi connectivity index (χ2n) is 8.42. The average molecular weight is 519 g/mol. The van der Waals surface area contributed by atoms with Crippen LogP contribution in [-0.2, 0) is 11.0 Å². The molecule has 0 saturated heterocycles. The van der Waals surface area contributed by atoms with E-state index in [1.807, 2.05) is 78.2 Å². The molecule has 0 unspecified atom stereocenters. The average Bonchev–Trinajstić information content (AvgIpc) is 3.31. The van der Waals surface area contributed by atoms with Crippen LogP contribution in [0.2, 0.25) is 0 Å². The third-order valence-corrected chi connectivity index (χ3v) is 6.69. The molecule has 4 aromatic carbocycles. The predicted molar refractivity (Wildman–Crippen MR) is 140 cm³/mol. The molecule has 1 amide bonds. The molecular formula is C28H21F3N4OS. The summed E-state index contributed by atoms with van der Waals surface area (Å²) in [5, 5.41) is 13.9. The van der Waals surface area contributed by atoms with Gasteiger partial charge in [0.2, 0.25) is 5.91 Å². The molecule has 0 aliphatic rings. The predicted octanol–water partition coefficient (Wildman–Crippen LogP) is 7.15. The Morgan fingerprint density at radius 2 is 1.65 bits per heavy atom. The highest BCUT2D eigenvalue weighted by atomic mass is 32.2.